The SMILES string of the molecule is CN1CCCCC1CNC(=O)NC(C(=O)O)c1cccs1. The van der Waals surface area contributed by atoms with Crippen molar-refractivity contribution in [3.8, 4) is 0 Å². The second-order valence-corrected chi connectivity index (χ2v) is 6.25. The zero-order valence-corrected chi connectivity index (χ0v) is 12.9. The molecule has 1 aliphatic rings. The summed E-state index contributed by atoms with van der Waals surface area (Å²) in [7, 11) is 2.05. The third kappa shape index (κ3) is 4.44. The first-order valence-corrected chi connectivity index (χ1v) is 7.96. The molecule has 1 fully saturated rings. The Hall–Kier alpha value is -1.60. The predicted molar refractivity (Wildman–Crippen MR) is 81.5 cm³/mol. The van der Waals surface area contributed by atoms with E-state index in [9.17, 15) is 14.7 Å². The van der Waals surface area contributed by atoms with Crippen LogP contribution in [0.5, 0.6) is 0 Å². The van der Waals surface area contributed by atoms with E-state index in [0.717, 1.165) is 13.0 Å². The summed E-state index contributed by atoms with van der Waals surface area (Å²) in [6, 6.07) is 2.38. The smallest absolute Gasteiger partial charge is 0.331 e. The summed E-state index contributed by atoms with van der Waals surface area (Å²) in [5.74, 6) is -1.05. The van der Waals surface area contributed by atoms with Gasteiger partial charge in [-0.1, -0.05) is 12.5 Å². The number of carbonyl (C=O) groups is 2. The Morgan fingerprint density at radius 1 is 1.52 bits per heavy atom. The van der Waals surface area contributed by atoms with Crippen molar-refractivity contribution in [2.75, 3.05) is 20.1 Å². The minimum Gasteiger partial charge on any atom is -0.479 e. The summed E-state index contributed by atoms with van der Waals surface area (Å²) < 4.78 is 0. The molecule has 1 aromatic rings. The summed E-state index contributed by atoms with van der Waals surface area (Å²) in [4.78, 5) is 26.0. The standard InChI is InChI=1S/C14H21N3O3S/c1-17-7-3-2-5-10(17)9-15-14(20)16-12(13(18)19)11-6-4-8-21-11/h4,6,8,10,12H,2-3,5,7,9H2,1H3,(H,18,19)(H2,15,16,20). The molecule has 2 heterocycles. The van der Waals surface area contributed by atoms with Gasteiger partial charge in [0.2, 0.25) is 0 Å². The highest BCUT2D eigenvalue weighted by atomic mass is 32.1. The molecule has 0 saturated carbocycles. The third-order valence-corrected chi connectivity index (χ3v) is 4.71. The third-order valence-electron chi connectivity index (χ3n) is 3.77. The van der Waals surface area contributed by atoms with Gasteiger partial charge in [0.15, 0.2) is 6.04 Å². The number of nitrogens with zero attached hydrogens (tertiary/aromatic N) is 1. The molecule has 1 aromatic heterocycles. The Bertz CT molecular complexity index is 478. The summed E-state index contributed by atoms with van der Waals surface area (Å²) in [5.41, 5.74) is 0. The Kier molecular flexibility index (Phi) is 5.58. The van der Waals surface area contributed by atoms with Crippen LogP contribution in [0.15, 0.2) is 17.5 Å². The van der Waals surface area contributed by atoms with Crippen LogP contribution in [0.4, 0.5) is 4.79 Å². The summed E-state index contributed by atoms with van der Waals surface area (Å²) >= 11 is 1.32. The van der Waals surface area contributed by atoms with Gasteiger partial charge in [-0.2, -0.15) is 0 Å². The molecule has 0 spiro atoms. The van der Waals surface area contributed by atoms with E-state index in [4.69, 9.17) is 0 Å². The Morgan fingerprint density at radius 2 is 2.33 bits per heavy atom. The van der Waals surface area contributed by atoms with Crippen LogP contribution in [0, 0.1) is 0 Å². The molecule has 116 valence electrons. The maximum atomic E-state index is 11.9. The monoisotopic (exact) mass is 311 g/mol. The number of nitrogens with one attached hydrogen (secondary N) is 2. The van der Waals surface area contributed by atoms with Crippen LogP contribution in [0.1, 0.15) is 30.2 Å². The molecule has 6 nitrogen and oxygen atoms in total. The number of thiophene rings is 1. The van der Waals surface area contributed by atoms with Gasteiger partial charge >= 0.3 is 12.0 Å². The average Bonchev–Trinajstić information content (AvgIpc) is 2.97. The molecule has 3 N–H and O–H groups in total. The molecular formula is C14H21N3O3S. The van der Waals surface area contributed by atoms with Crippen LogP contribution in [0.2, 0.25) is 0 Å². The molecule has 2 unspecified atom stereocenters. The van der Waals surface area contributed by atoms with Gasteiger partial charge < -0.3 is 20.6 Å². The van der Waals surface area contributed by atoms with Gasteiger partial charge in [0.25, 0.3) is 0 Å². The van der Waals surface area contributed by atoms with Crippen LogP contribution in [0.3, 0.4) is 0 Å². The molecular weight excluding hydrogens is 290 g/mol. The highest BCUT2D eigenvalue weighted by molar-refractivity contribution is 7.10. The van der Waals surface area contributed by atoms with E-state index in [2.05, 4.69) is 22.6 Å². The molecule has 21 heavy (non-hydrogen) atoms. The second kappa shape index (κ2) is 7.42. The number of hydrogen-bond donors (Lipinski definition) is 3. The largest absolute Gasteiger partial charge is 0.479 e. The van der Waals surface area contributed by atoms with E-state index < -0.39 is 18.0 Å². The maximum Gasteiger partial charge on any atom is 0.331 e. The lowest BCUT2D eigenvalue weighted by atomic mass is 10.0. The van der Waals surface area contributed by atoms with E-state index in [-0.39, 0.29) is 0 Å². The number of carbonyl (C=O) groups excluding carboxylic acids is 1. The van der Waals surface area contributed by atoms with Crippen molar-refractivity contribution in [1.29, 1.82) is 0 Å². The molecule has 2 rings (SSSR count). The minimum absolute atomic E-state index is 0.328. The number of aliphatic carboxylic acids is 1. The van der Waals surface area contributed by atoms with Crippen LogP contribution < -0.4 is 10.6 Å². The number of hydrogen-bond acceptors (Lipinski definition) is 4. The zero-order valence-electron chi connectivity index (χ0n) is 12.0. The van der Waals surface area contributed by atoms with Crippen molar-refractivity contribution in [2.45, 2.75) is 31.3 Å². The summed E-state index contributed by atoms with van der Waals surface area (Å²) in [6.07, 6.45) is 3.42. The highest BCUT2D eigenvalue weighted by Crippen LogP contribution is 2.19. The lowest BCUT2D eigenvalue weighted by Gasteiger charge is -2.32. The van der Waals surface area contributed by atoms with E-state index >= 15 is 0 Å². The average molecular weight is 311 g/mol. The molecule has 2 atom stereocenters. The van der Waals surface area contributed by atoms with E-state index in [0.29, 0.717) is 17.5 Å². The minimum atomic E-state index is -1.05. The van der Waals surface area contributed by atoms with Gasteiger partial charge in [0, 0.05) is 17.5 Å². The first-order valence-electron chi connectivity index (χ1n) is 7.08. The molecule has 0 aromatic carbocycles. The Labute approximate surface area is 128 Å². The molecule has 2 amide bonds. The van der Waals surface area contributed by atoms with Crippen LogP contribution in [-0.2, 0) is 4.79 Å². The number of carboxylic acids is 1. The normalized spacial score (nSPS) is 20.7. The number of piperidine rings is 1. The number of amides is 2. The number of likely N-dealkylation sites (N-methyl/N-ethyl adjacent to an activating group) is 1. The first-order chi connectivity index (χ1) is 10.1. The topological polar surface area (TPSA) is 81.7 Å². The summed E-state index contributed by atoms with van der Waals surface area (Å²) in [6.45, 7) is 1.58. The maximum absolute atomic E-state index is 11.9. The molecule has 0 aliphatic carbocycles. The van der Waals surface area contributed by atoms with Gasteiger partial charge in [0.05, 0.1) is 0 Å². The fourth-order valence-corrected chi connectivity index (χ4v) is 3.27. The quantitative estimate of drug-likeness (QED) is 0.772. The highest BCUT2D eigenvalue weighted by Gasteiger charge is 2.24. The molecule has 1 saturated heterocycles. The predicted octanol–water partition coefficient (Wildman–Crippen LogP) is 1.66. The Balaban J connectivity index is 1.84. The van der Waals surface area contributed by atoms with E-state index in [1.807, 2.05) is 0 Å². The summed E-state index contributed by atoms with van der Waals surface area (Å²) in [5, 5.41) is 16.3. The van der Waals surface area contributed by atoms with Crippen molar-refractivity contribution < 1.29 is 14.7 Å². The van der Waals surface area contributed by atoms with Gasteiger partial charge in [-0.05, 0) is 37.9 Å². The van der Waals surface area contributed by atoms with Crippen molar-refractivity contribution >= 4 is 23.3 Å². The molecule has 0 radical (unpaired) electrons. The van der Waals surface area contributed by atoms with Gasteiger partial charge in [-0.15, -0.1) is 11.3 Å². The van der Waals surface area contributed by atoms with Crippen molar-refractivity contribution in [3.05, 3.63) is 22.4 Å². The van der Waals surface area contributed by atoms with E-state index in [1.54, 1.807) is 17.5 Å². The van der Waals surface area contributed by atoms with Gasteiger partial charge in [-0.25, -0.2) is 9.59 Å². The van der Waals surface area contributed by atoms with Crippen molar-refractivity contribution in [1.82, 2.24) is 15.5 Å². The van der Waals surface area contributed by atoms with Crippen molar-refractivity contribution in [2.24, 2.45) is 0 Å². The molecule has 0 bridgehead atoms. The van der Waals surface area contributed by atoms with Crippen LogP contribution in [-0.4, -0.2) is 48.2 Å². The van der Waals surface area contributed by atoms with E-state index in [1.165, 1.54) is 24.2 Å². The van der Waals surface area contributed by atoms with Crippen molar-refractivity contribution in [3.63, 3.8) is 0 Å². The second-order valence-electron chi connectivity index (χ2n) is 5.27. The lowest BCUT2D eigenvalue weighted by Crippen LogP contribution is -2.48. The van der Waals surface area contributed by atoms with Gasteiger partial charge in [0.1, 0.15) is 0 Å². The zero-order chi connectivity index (χ0) is 15.2. The van der Waals surface area contributed by atoms with Gasteiger partial charge in [-0.3, -0.25) is 0 Å². The fourth-order valence-electron chi connectivity index (χ4n) is 2.50. The first kappa shape index (κ1) is 15.8. The number of likely N-dealkylation sites (tertiary alicyclic amines) is 1. The molecule has 7 heteroatoms. The number of urea groups is 1. The Morgan fingerprint density at radius 3 is 2.95 bits per heavy atom. The number of carboxylic acid groups (broad SMARTS) is 1. The van der Waals surface area contributed by atoms with Crippen LogP contribution >= 0.6 is 11.3 Å². The van der Waals surface area contributed by atoms with Crippen LogP contribution in [0.25, 0.3) is 0 Å². The lowest BCUT2D eigenvalue weighted by molar-refractivity contribution is -0.139. The molecule has 1 aliphatic heterocycles. The number of rotatable bonds is 5. The fraction of sp³-hybridized carbons (Fsp3) is 0.571.